The lowest BCUT2D eigenvalue weighted by Gasteiger charge is -2.16. The number of carboxylic acid groups (broad SMARTS) is 1. The molecule has 1 heterocycles. The number of carbonyl (C=O) groups is 2. The number of thiophene rings is 1. The number of hydrogen-bond acceptors (Lipinski definition) is 5. The van der Waals surface area contributed by atoms with Crippen LogP contribution in [0, 0.1) is 16.0 Å². The summed E-state index contributed by atoms with van der Waals surface area (Å²) in [6.07, 6.45) is 0. The van der Waals surface area contributed by atoms with Gasteiger partial charge >= 0.3 is 11.0 Å². The molecule has 0 aliphatic heterocycles. The average Bonchev–Trinajstić information content (AvgIpc) is 2.76. The van der Waals surface area contributed by atoms with Crippen LogP contribution >= 0.6 is 11.3 Å². The summed E-state index contributed by atoms with van der Waals surface area (Å²) >= 11 is 0.753. The van der Waals surface area contributed by atoms with Crippen LogP contribution in [0.15, 0.2) is 12.1 Å². The summed E-state index contributed by atoms with van der Waals surface area (Å²) in [4.78, 5) is 32.5. The van der Waals surface area contributed by atoms with Gasteiger partial charge in [0.1, 0.15) is 0 Å². The van der Waals surface area contributed by atoms with Crippen LogP contribution in [0.2, 0.25) is 0 Å². The van der Waals surface area contributed by atoms with Crippen molar-refractivity contribution < 1.29 is 19.6 Å². The minimum absolute atomic E-state index is 0.126. The molecule has 8 heteroatoms. The first kappa shape index (κ1) is 14.1. The van der Waals surface area contributed by atoms with Crippen LogP contribution in [0.25, 0.3) is 0 Å². The fourth-order valence-electron chi connectivity index (χ4n) is 1.16. The van der Waals surface area contributed by atoms with E-state index >= 15 is 0 Å². The molecule has 1 rings (SSSR count). The second-order valence-corrected chi connectivity index (χ2v) is 4.85. The van der Waals surface area contributed by atoms with Crippen molar-refractivity contribution in [3.05, 3.63) is 27.1 Å². The molecule has 2 unspecified atom stereocenters. The van der Waals surface area contributed by atoms with E-state index in [1.165, 1.54) is 19.1 Å². The molecule has 0 saturated heterocycles. The van der Waals surface area contributed by atoms with E-state index in [1.807, 2.05) is 0 Å². The highest BCUT2D eigenvalue weighted by Gasteiger charge is 2.23. The van der Waals surface area contributed by atoms with Gasteiger partial charge in [-0.15, -0.1) is 0 Å². The highest BCUT2D eigenvalue weighted by molar-refractivity contribution is 7.17. The molecule has 0 bridgehead atoms. The van der Waals surface area contributed by atoms with Gasteiger partial charge in [0.2, 0.25) is 0 Å². The highest BCUT2D eigenvalue weighted by atomic mass is 32.1. The van der Waals surface area contributed by atoms with Gasteiger partial charge in [-0.05, 0) is 19.9 Å². The van der Waals surface area contributed by atoms with Crippen LogP contribution in [0.1, 0.15) is 23.5 Å². The van der Waals surface area contributed by atoms with Crippen molar-refractivity contribution >= 4 is 28.2 Å². The van der Waals surface area contributed by atoms with Crippen molar-refractivity contribution in [2.24, 2.45) is 5.92 Å². The molecule has 1 aromatic heterocycles. The van der Waals surface area contributed by atoms with E-state index in [2.05, 4.69) is 5.32 Å². The lowest BCUT2D eigenvalue weighted by molar-refractivity contribution is -0.380. The number of amides is 1. The van der Waals surface area contributed by atoms with E-state index in [9.17, 15) is 19.7 Å². The number of nitrogens with zero attached hydrogens (tertiary/aromatic N) is 1. The molecular weight excluding hydrogens is 260 g/mol. The van der Waals surface area contributed by atoms with Gasteiger partial charge in [0, 0.05) is 12.1 Å². The Labute approximate surface area is 107 Å². The molecule has 0 spiro atoms. The van der Waals surface area contributed by atoms with Crippen LogP contribution in [0.4, 0.5) is 5.00 Å². The van der Waals surface area contributed by atoms with Crippen LogP contribution in [0.5, 0.6) is 0 Å². The third-order valence-corrected chi connectivity index (χ3v) is 3.53. The zero-order valence-corrected chi connectivity index (χ0v) is 10.6. The smallest absolute Gasteiger partial charge is 0.324 e. The maximum Gasteiger partial charge on any atom is 0.324 e. The van der Waals surface area contributed by atoms with Crippen LogP contribution in [-0.2, 0) is 4.79 Å². The van der Waals surface area contributed by atoms with Crippen molar-refractivity contribution in [1.29, 1.82) is 0 Å². The zero-order valence-electron chi connectivity index (χ0n) is 9.75. The third-order valence-electron chi connectivity index (χ3n) is 2.49. The molecule has 0 radical (unpaired) electrons. The quantitative estimate of drug-likeness (QED) is 0.623. The zero-order chi connectivity index (χ0) is 13.9. The van der Waals surface area contributed by atoms with Crippen molar-refractivity contribution in [2.45, 2.75) is 19.9 Å². The number of nitro groups is 1. The molecule has 1 aromatic rings. The summed E-state index contributed by atoms with van der Waals surface area (Å²) in [6.45, 7) is 3.04. The van der Waals surface area contributed by atoms with E-state index in [1.54, 1.807) is 6.92 Å². The second kappa shape index (κ2) is 5.58. The fourth-order valence-corrected chi connectivity index (χ4v) is 1.89. The normalized spacial score (nSPS) is 13.7. The van der Waals surface area contributed by atoms with Crippen molar-refractivity contribution in [2.75, 3.05) is 0 Å². The molecule has 0 fully saturated rings. The number of carboxylic acids is 1. The van der Waals surface area contributed by atoms with Crippen LogP contribution < -0.4 is 5.32 Å². The van der Waals surface area contributed by atoms with E-state index in [0.717, 1.165) is 11.3 Å². The molecule has 0 saturated carbocycles. The van der Waals surface area contributed by atoms with Crippen molar-refractivity contribution in [3.8, 4) is 0 Å². The molecule has 0 aliphatic carbocycles. The van der Waals surface area contributed by atoms with Crippen LogP contribution in [-0.4, -0.2) is 27.9 Å². The first-order valence-electron chi connectivity index (χ1n) is 5.10. The second-order valence-electron chi connectivity index (χ2n) is 3.78. The lowest BCUT2D eigenvalue weighted by Crippen LogP contribution is -2.39. The summed E-state index contributed by atoms with van der Waals surface area (Å²) in [7, 11) is 0. The van der Waals surface area contributed by atoms with Gasteiger partial charge in [-0.25, -0.2) is 0 Å². The van der Waals surface area contributed by atoms with Crippen LogP contribution in [0.3, 0.4) is 0 Å². The molecule has 2 N–H and O–H groups in total. The van der Waals surface area contributed by atoms with E-state index < -0.39 is 28.8 Å². The summed E-state index contributed by atoms with van der Waals surface area (Å²) in [5.74, 6) is -2.25. The van der Waals surface area contributed by atoms with Crippen molar-refractivity contribution in [3.63, 3.8) is 0 Å². The van der Waals surface area contributed by atoms with Gasteiger partial charge < -0.3 is 10.4 Å². The maximum absolute atomic E-state index is 11.7. The lowest BCUT2D eigenvalue weighted by atomic mass is 10.0. The first-order chi connectivity index (χ1) is 8.32. The van der Waals surface area contributed by atoms with Gasteiger partial charge in [0.05, 0.1) is 15.7 Å². The molecule has 18 heavy (non-hydrogen) atoms. The Balaban J connectivity index is 2.70. The SMILES string of the molecule is CC(NC(=O)c1ccc([N+](=O)[O-])s1)C(C)C(=O)O. The standard InChI is InChI=1S/C10H12N2O5S/c1-5(10(14)15)6(2)11-9(13)7-3-4-8(18-7)12(16)17/h3-6H,1-2H3,(H,11,13)(H,14,15). The van der Waals surface area contributed by atoms with E-state index in [-0.39, 0.29) is 9.88 Å². The van der Waals surface area contributed by atoms with Gasteiger partial charge in [-0.2, -0.15) is 0 Å². The number of aliphatic carboxylic acids is 1. The van der Waals surface area contributed by atoms with Gasteiger partial charge in [0.15, 0.2) is 0 Å². The predicted octanol–water partition coefficient (Wildman–Crippen LogP) is 1.50. The van der Waals surface area contributed by atoms with Crippen molar-refractivity contribution in [1.82, 2.24) is 5.32 Å². The number of rotatable bonds is 5. The largest absolute Gasteiger partial charge is 0.481 e. The molecule has 1 amide bonds. The molecule has 2 atom stereocenters. The third kappa shape index (κ3) is 3.27. The average molecular weight is 272 g/mol. The monoisotopic (exact) mass is 272 g/mol. The summed E-state index contributed by atoms with van der Waals surface area (Å²) in [5.41, 5.74) is 0. The summed E-state index contributed by atoms with van der Waals surface area (Å²) in [6, 6.07) is 2.03. The topological polar surface area (TPSA) is 110 Å². The molecule has 0 aromatic carbocycles. The van der Waals surface area contributed by atoms with Gasteiger partial charge in [-0.1, -0.05) is 11.3 Å². The number of nitrogens with one attached hydrogen (secondary N) is 1. The Morgan fingerprint density at radius 2 is 2.06 bits per heavy atom. The number of hydrogen-bond donors (Lipinski definition) is 2. The van der Waals surface area contributed by atoms with Gasteiger partial charge in [0.25, 0.3) is 5.91 Å². The Morgan fingerprint density at radius 1 is 1.44 bits per heavy atom. The highest BCUT2D eigenvalue weighted by Crippen LogP contribution is 2.23. The fraction of sp³-hybridized carbons (Fsp3) is 0.400. The van der Waals surface area contributed by atoms with Gasteiger partial charge in [-0.3, -0.25) is 19.7 Å². The molecule has 98 valence electrons. The maximum atomic E-state index is 11.7. The Kier molecular flexibility index (Phi) is 4.38. The number of carbonyl (C=O) groups excluding carboxylic acids is 1. The predicted molar refractivity (Wildman–Crippen MR) is 64.7 cm³/mol. The molecule has 7 nitrogen and oxygen atoms in total. The van der Waals surface area contributed by atoms with E-state index in [4.69, 9.17) is 5.11 Å². The van der Waals surface area contributed by atoms with E-state index in [0.29, 0.717) is 0 Å². The Bertz CT molecular complexity index is 484. The minimum atomic E-state index is -1.01. The first-order valence-corrected chi connectivity index (χ1v) is 5.92. The molecule has 0 aliphatic rings. The summed E-state index contributed by atoms with van der Waals surface area (Å²) in [5, 5.41) is 21.6. The molecular formula is C10H12N2O5S. The Morgan fingerprint density at radius 3 is 2.50 bits per heavy atom. The minimum Gasteiger partial charge on any atom is -0.481 e. The summed E-state index contributed by atoms with van der Waals surface area (Å²) < 4.78 is 0. The Hall–Kier alpha value is -1.96.